The summed E-state index contributed by atoms with van der Waals surface area (Å²) < 4.78 is 12.7. The summed E-state index contributed by atoms with van der Waals surface area (Å²) in [5, 5.41) is 1.26. The highest BCUT2D eigenvalue weighted by Gasteiger charge is 2.40. The van der Waals surface area contributed by atoms with E-state index < -0.39 is 8.38 Å². The Labute approximate surface area is 132 Å². The second kappa shape index (κ2) is 6.18. The third kappa shape index (κ3) is 2.66. The number of hydrogen-bond acceptors (Lipinski definition) is 2. The first-order valence-electron chi connectivity index (χ1n) is 7.51. The van der Waals surface area contributed by atoms with Crippen LogP contribution in [0.25, 0.3) is 0 Å². The molecule has 0 radical (unpaired) electrons. The van der Waals surface area contributed by atoms with E-state index in [2.05, 4.69) is 66.8 Å². The van der Waals surface area contributed by atoms with E-state index in [9.17, 15) is 0 Å². The van der Waals surface area contributed by atoms with Crippen LogP contribution in [0.5, 0.6) is 0 Å². The molecule has 2 aromatic rings. The third-order valence-electron chi connectivity index (χ3n) is 3.94. The van der Waals surface area contributed by atoms with E-state index >= 15 is 0 Å². The van der Waals surface area contributed by atoms with Crippen LogP contribution in [0.15, 0.2) is 84.2 Å². The van der Waals surface area contributed by atoms with Gasteiger partial charge in [0.15, 0.2) is 0 Å². The highest BCUT2D eigenvalue weighted by atomic mass is 31.2. The Morgan fingerprint density at radius 1 is 0.773 bits per heavy atom. The lowest BCUT2D eigenvalue weighted by Gasteiger charge is -2.16. The zero-order valence-corrected chi connectivity index (χ0v) is 13.0. The largest absolute Gasteiger partial charge is 0.319 e. The van der Waals surface area contributed by atoms with E-state index in [0.717, 1.165) is 6.42 Å². The Balaban J connectivity index is 1.67. The van der Waals surface area contributed by atoms with Crippen molar-refractivity contribution in [2.45, 2.75) is 18.6 Å². The average Bonchev–Trinajstić information content (AvgIpc) is 3.26. The van der Waals surface area contributed by atoms with Crippen LogP contribution in [0.3, 0.4) is 0 Å². The maximum Gasteiger partial charge on any atom is 0.202 e. The van der Waals surface area contributed by atoms with Crippen LogP contribution in [0.1, 0.15) is 29.8 Å². The van der Waals surface area contributed by atoms with Crippen LogP contribution in [-0.2, 0) is 9.05 Å². The molecule has 1 heterocycles. The zero-order valence-electron chi connectivity index (χ0n) is 12.1. The van der Waals surface area contributed by atoms with Crippen molar-refractivity contribution in [3.05, 3.63) is 95.3 Å². The molecule has 0 N–H and O–H groups in total. The average molecular weight is 308 g/mol. The predicted octanol–water partition coefficient (Wildman–Crippen LogP) is 5.67. The van der Waals surface area contributed by atoms with Gasteiger partial charge in [-0.05, 0) is 17.5 Å². The van der Waals surface area contributed by atoms with Gasteiger partial charge in [-0.15, -0.1) is 0 Å². The zero-order chi connectivity index (χ0) is 14.8. The number of allylic oxidation sites excluding steroid dienone is 4. The Bertz CT molecular complexity index is 646. The summed E-state index contributed by atoms with van der Waals surface area (Å²) in [5.41, 5.74) is 2.35. The molecule has 0 aromatic heterocycles. The van der Waals surface area contributed by atoms with Crippen molar-refractivity contribution in [3.8, 4) is 0 Å². The molecular formula is C19H17O2P. The van der Waals surface area contributed by atoms with Gasteiger partial charge in [0, 0.05) is 5.31 Å². The van der Waals surface area contributed by atoms with Crippen LogP contribution in [0.2, 0.25) is 0 Å². The predicted molar refractivity (Wildman–Crippen MR) is 89.3 cm³/mol. The van der Waals surface area contributed by atoms with Gasteiger partial charge in [-0.3, -0.25) is 0 Å². The first-order chi connectivity index (χ1) is 10.9. The maximum atomic E-state index is 6.33. The molecule has 0 spiro atoms. The minimum atomic E-state index is -0.973. The molecule has 3 heteroatoms. The molecule has 110 valence electrons. The van der Waals surface area contributed by atoms with Gasteiger partial charge in [-0.25, -0.2) is 0 Å². The van der Waals surface area contributed by atoms with Gasteiger partial charge in [0.2, 0.25) is 8.38 Å². The summed E-state index contributed by atoms with van der Waals surface area (Å²) in [7, 11) is -0.973. The van der Waals surface area contributed by atoms with Crippen LogP contribution in [-0.4, -0.2) is 0 Å². The summed E-state index contributed by atoms with van der Waals surface area (Å²) in [6, 6.07) is 20.7. The fourth-order valence-corrected chi connectivity index (χ4v) is 4.46. The molecule has 2 nitrogen and oxygen atoms in total. The molecule has 0 amide bonds. The van der Waals surface area contributed by atoms with E-state index in [4.69, 9.17) is 9.05 Å². The van der Waals surface area contributed by atoms with Crippen molar-refractivity contribution >= 4 is 8.38 Å². The molecular weight excluding hydrogens is 291 g/mol. The molecule has 1 fully saturated rings. The van der Waals surface area contributed by atoms with E-state index in [-0.39, 0.29) is 12.2 Å². The number of hydrogen-bond donors (Lipinski definition) is 0. The van der Waals surface area contributed by atoms with Crippen LogP contribution >= 0.6 is 8.38 Å². The monoisotopic (exact) mass is 308 g/mol. The van der Waals surface area contributed by atoms with Crippen molar-refractivity contribution in [3.63, 3.8) is 0 Å². The first-order valence-corrected chi connectivity index (χ1v) is 8.69. The Morgan fingerprint density at radius 3 is 1.77 bits per heavy atom. The molecule has 0 saturated carbocycles. The fraction of sp³-hybridized carbons (Fsp3) is 0.158. The van der Waals surface area contributed by atoms with Crippen LogP contribution in [0.4, 0.5) is 0 Å². The van der Waals surface area contributed by atoms with E-state index in [1.807, 2.05) is 12.1 Å². The standard InChI is InChI=1S/C19H17O2P/c1-3-9-15(10-4-1)18-19(16-11-5-2-6-12-16)21-22(20-18)17-13-7-8-14-17/h1-13,18-19H,14H2/t18-,19-/m1/s1. The third-order valence-corrected chi connectivity index (χ3v) is 5.57. The van der Waals surface area contributed by atoms with E-state index in [1.54, 1.807) is 0 Å². The summed E-state index contributed by atoms with van der Waals surface area (Å²) in [6.45, 7) is 0. The molecule has 0 unspecified atom stereocenters. The fourth-order valence-electron chi connectivity index (χ4n) is 2.81. The van der Waals surface area contributed by atoms with Crippen molar-refractivity contribution in [1.82, 2.24) is 0 Å². The van der Waals surface area contributed by atoms with Crippen molar-refractivity contribution in [1.29, 1.82) is 0 Å². The minimum Gasteiger partial charge on any atom is -0.319 e. The number of rotatable bonds is 3. The lowest BCUT2D eigenvalue weighted by molar-refractivity contribution is 0.159. The smallest absolute Gasteiger partial charge is 0.202 e. The van der Waals surface area contributed by atoms with Crippen molar-refractivity contribution < 1.29 is 9.05 Å². The van der Waals surface area contributed by atoms with Gasteiger partial charge in [-0.1, -0.05) is 78.9 Å². The SMILES string of the molecule is C1=CCC(P2O[C@H](c3ccccc3)[C@@H](c3ccccc3)O2)=C1. The van der Waals surface area contributed by atoms with Gasteiger partial charge < -0.3 is 9.05 Å². The van der Waals surface area contributed by atoms with Crippen molar-refractivity contribution in [2.75, 3.05) is 0 Å². The second-order valence-electron chi connectivity index (χ2n) is 5.42. The molecule has 0 bridgehead atoms. The number of benzene rings is 2. The molecule has 1 aliphatic heterocycles. The topological polar surface area (TPSA) is 18.5 Å². The van der Waals surface area contributed by atoms with Gasteiger partial charge in [-0.2, -0.15) is 0 Å². The summed E-state index contributed by atoms with van der Waals surface area (Å²) in [4.78, 5) is 0. The Kier molecular flexibility index (Phi) is 3.90. The van der Waals surface area contributed by atoms with Gasteiger partial charge in [0.25, 0.3) is 0 Å². The molecule has 22 heavy (non-hydrogen) atoms. The van der Waals surface area contributed by atoms with Crippen LogP contribution < -0.4 is 0 Å². The second-order valence-corrected chi connectivity index (χ2v) is 6.93. The lowest BCUT2D eigenvalue weighted by Crippen LogP contribution is -2.06. The molecule has 1 aliphatic carbocycles. The lowest BCUT2D eigenvalue weighted by atomic mass is 9.99. The highest BCUT2D eigenvalue weighted by Crippen LogP contribution is 2.64. The summed E-state index contributed by atoms with van der Waals surface area (Å²) in [5.74, 6) is 0. The maximum absolute atomic E-state index is 6.33. The summed E-state index contributed by atoms with van der Waals surface area (Å²) in [6.07, 6.45) is 7.21. The van der Waals surface area contributed by atoms with Crippen LogP contribution in [0, 0.1) is 0 Å². The van der Waals surface area contributed by atoms with Gasteiger partial charge in [0.1, 0.15) is 12.2 Å². The molecule has 4 rings (SSSR count). The Morgan fingerprint density at radius 2 is 1.32 bits per heavy atom. The van der Waals surface area contributed by atoms with Gasteiger partial charge in [0.05, 0.1) is 0 Å². The molecule has 2 atom stereocenters. The summed E-state index contributed by atoms with van der Waals surface area (Å²) >= 11 is 0. The molecule has 1 saturated heterocycles. The quantitative estimate of drug-likeness (QED) is 0.680. The Hall–Kier alpha value is -1.73. The normalized spacial score (nSPS) is 24.6. The molecule has 2 aliphatic rings. The first kappa shape index (κ1) is 13.9. The van der Waals surface area contributed by atoms with Crippen molar-refractivity contribution in [2.24, 2.45) is 0 Å². The van der Waals surface area contributed by atoms with E-state index in [0.29, 0.717) is 0 Å². The van der Waals surface area contributed by atoms with Gasteiger partial charge >= 0.3 is 0 Å². The minimum absolute atomic E-state index is 0.0452. The highest BCUT2D eigenvalue weighted by molar-refractivity contribution is 7.52. The molecule has 2 aromatic carbocycles. The van der Waals surface area contributed by atoms with E-state index in [1.165, 1.54) is 16.4 Å².